The van der Waals surface area contributed by atoms with Crippen LogP contribution in [0.15, 0.2) is 48.5 Å². The summed E-state index contributed by atoms with van der Waals surface area (Å²) in [7, 11) is 0. The lowest BCUT2D eigenvalue weighted by Crippen LogP contribution is -2.33. The number of carbonyl (C=O) groups is 1. The van der Waals surface area contributed by atoms with E-state index < -0.39 is 11.8 Å². The predicted octanol–water partition coefficient (Wildman–Crippen LogP) is 5.45. The minimum Gasteiger partial charge on any atom is -0.310 e. The third-order valence-corrected chi connectivity index (χ3v) is 6.51. The van der Waals surface area contributed by atoms with Gasteiger partial charge in [-0.2, -0.15) is 5.26 Å². The highest BCUT2D eigenvalue weighted by Crippen LogP contribution is 2.46. The van der Waals surface area contributed by atoms with Gasteiger partial charge in [-0.05, 0) is 42.4 Å². The molecule has 4 nitrogen and oxygen atoms in total. The Morgan fingerprint density at radius 3 is 2.63 bits per heavy atom. The molecule has 134 valence electrons. The van der Waals surface area contributed by atoms with E-state index in [2.05, 4.69) is 11.4 Å². The maximum absolute atomic E-state index is 12.7. The molecule has 2 aromatic carbocycles. The zero-order chi connectivity index (χ0) is 19.1. The molecule has 2 atom stereocenters. The van der Waals surface area contributed by atoms with E-state index in [0.29, 0.717) is 14.8 Å². The molecule has 2 unspecified atom stereocenters. The number of aryl methyl sites for hydroxylation is 1. The van der Waals surface area contributed by atoms with Crippen molar-refractivity contribution >= 4 is 46.9 Å². The SMILES string of the molecule is Cc1ccccc1-n1c2c(sc1=S)C(c1ccccc1Cl)C(C#N)C(=O)N2. The van der Waals surface area contributed by atoms with Crippen LogP contribution in [0.1, 0.15) is 21.9 Å². The van der Waals surface area contributed by atoms with Crippen LogP contribution in [-0.2, 0) is 4.79 Å². The lowest BCUT2D eigenvalue weighted by Gasteiger charge is -2.28. The monoisotopic (exact) mass is 411 g/mol. The smallest absolute Gasteiger partial charge is 0.243 e. The van der Waals surface area contributed by atoms with Gasteiger partial charge in [-0.15, -0.1) is 11.3 Å². The summed E-state index contributed by atoms with van der Waals surface area (Å²) in [6.45, 7) is 2.00. The number of halogens is 1. The summed E-state index contributed by atoms with van der Waals surface area (Å²) >= 11 is 13.4. The summed E-state index contributed by atoms with van der Waals surface area (Å²) in [6.07, 6.45) is 0. The van der Waals surface area contributed by atoms with E-state index in [1.807, 2.05) is 54.0 Å². The van der Waals surface area contributed by atoms with Crippen molar-refractivity contribution in [1.29, 1.82) is 5.26 Å². The second-order valence-electron chi connectivity index (χ2n) is 6.30. The van der Waals surface area contributed by atoms with Gasteiger partial charge in [0.05, 0.1) is 16.6 Å². The third-order valence-electron chi connectivity index (χ3n) is 4.71. The fourth-order valence-corrected chi connectivity index (χ4v) is 5.24. The Balaban J connectivity index is 2.00. The Labute approximate surface area is 170 Å². The van der Waals surface area contributed by atoms with Crippen molar-refractivity contribution < 1.29 is 4.79 Å². The number of amides is 1. The zero-order valence-electron chi connectivity index (χ0n) is 14.3. The van der Waals surface area contributed by atoms with Crippen molar-refractivity contribution in [3.05, 3.63) is 73.5 Å². The van der Waals surface area contributed by atoms with E-state index in [9.17, 15) is 10.1 Å². The molecule has 0 aliphatic carbocycles. The second kappa shape index (κ2) is 6.93. The summed E-state index contributed by atoms with van der Waals surface area (Å²) in [5.41, 5.74) is 2.71. The number of fused-ring (bicyclic) bond motifs is 1. The predicted molar refractivity (Wildman–Crippen MR) is 110 cm³/mol. The molecule has 27 heavy (non-hydrogen) atoms. The van der Waals surface area contributed by atoms with Crippen molar-refractivity contribution in [2.75, 3.05) is 5.32 Å². The number of para-hydroxylation sites is 1. The van der Waals surface area contributed by atoms with E-state index in [1.165, 1.54) is 11.3 Å². The number of nitriles is 1. The molecule has 2 heterocycles. The first-order chi connectivity index (χ1) is 13.0. The number of nitrogens with zero attached hydrogens (tertiary/aromatic N) is 2. The highest BCUT2D eigenvalue weighted by atomic mass is 35.5. The van der Waals surface area contributed by atoms with Crippen molar-refractivity contribution in [1.82, 2.24) is 4.57 Å². The van der Waals surface area contributed by atoms with E-state index in [4.69, 9.17) is 23.8 Å². The number of nitrogens with one attached hydrogen (secondary N) is 1. The Morgan fingerprint density at radius 1 is 1.22 bits per heavy atom. The normalized spacial score (nSPS) is 18.5. The van der Waals surface area contributed by atoms with Gasteiger partial charge in [0, 0.05) is 10.9 Å². The van der Waals surface area contributed by atoms with E-state index in [-0.39, 0.29) is 5.91 Å². The maximum atomic E-state index is 12.7. The van der Waals surface area contributed by atoms with E-state index in [0.717, 1.165) is 21.7 Å². The number of hydrogen-bond donors (Lipinski definition) is 1. The van der Waals surface area contributed by atoms with Gasteiger partial charge in [0.1, 0.15) is 11.7 Å². The lowest BCUT2D eigenvalue weighted by molar-refractivity contribution is -0.119. The largest absolute Gasteiger partial charge is 0.310 e. The van der Waals surface area contributed by atoms with Crippen LogP contribution >= 0.6 is 35.2 Å². The molecule has 1 aliphatic rings. The van der Waals surface area contributed by atoms with Crippen molar-refractivity contribution in [2.45, 2.75) is 12.8 Å². The molecule has 1 N–H and O–H groups in total. The minimum absolute atomic E-state index is 0.343. The molecular weight excluding hydrogens is 398 g/mol. The highest BCUT2D eigenvalue weighted by molar-refractivity contribution is 7.73. The average molecular weight is 412 g/mol. The van der Waals surface area contributed by atoms with Gasteiger partial charge in [-0.25, -0.2) is 0 Å². The molecule has 1 aromatic heterocycles. The minimum atomic E-state index is -0.865. The van der Waals surface area contributed by atoms with Gasteiger partial charge < -0.3 is 5.32 Å². The van der Waals surface area contributed by atoms with Gasteiger partial charge in [0.25, 0.3) is 0 Å². The number of hydrogen-bond acceptors (Lipinski definition) is 4. The molecule has 1 aliphatic heterocycles. The topological polar surface area (TPSA) is 57.8 Å². The van der Waals surface area contributed by atoms with Gasteiger partial charge in [-0.1, -0.05) is 48.0 Å². The molecule has 0 spiro atoms. The first-order valence-corrected chi connectivity index (χ1v) is 9.90. The van der Waals surface area contributed by atoms with Gasteiger partial charge in [0.2, 0.25) is 5.91 Å². The fraction of sp³-hybridized carbons (Fsp3) is 0.150. The van der Waals surface area contributed by atoms with Crippen molar-refractivity contribution in [2.24, 2.45) is 5.92 Å². The quantitative estimate of drug-likeness (QED) is 0.570. The zero-order valence-corrected chi connectivity index (χ0v) is 16.7. The number of rotatable bonds is 2. The molecule has 3 aromatic rings. The first-order valence-electron chi connectivity index (χ1n) is 8.29. The summed E-state index contributed by atoms with van der Waals surface area (Å²) in [5.74, 6) is -1.04. The van der Waals surface area contributed by atoms with Crippen molar-refractivity contribution in [3.63, 3.8) is 0 Å². The molecule has 0 radical (unpaired) electrons. The fourth-order valence-electron chi connectivity index (χ4n) is 3.43. The number of thiazole rings is 1. The van der Waals surface area contributed by atoms with Crippen LogP contribution in [0.25, 0.3) is 5.69 Å². The van der Waals surface area contributed by atoms with Crippen LogP contribution in [0, 0.1) is 28.1 Å². The lowest BCUT2D eigenvalue weighted by atomic mass is 9.83. The van der Waals surface area contributed by atoms with Gasteiger partial charge in [-0.3, -0.25) is 9.36 Å². The second-order valence-corrected chi connectivity index (χ2v) is 8.38. The molecule has 7 heteroatoms. The summed E-state index contributed by atoms with van der Waals surface area (Å²) in [4.78, 5) is 13.6. The molecule has 0 saturated heterocycles. The number of carbonyl (C=O) groups excluding carboxylic acids is 1. The summed E-state index contributed by atoms with van der Waals surface area (Å²) in [6, 6.07) is 17.3. The Kier molecular flexibility index (Phi) is 4.60. The van der Waals surface area contributed by atoms with Crippen LogP contribution in [0.5, 0.6) is 0 Å². The Morgan fingerprint density at radius 2 is 1.93 bits per heavy atom. The van der Waals surface area contributed by atoms with Crippen LogP contribution < -0.4 is 5.32 Å². The average Bonchev–Trinajstić information content (AvgIpc) is 2.97. The number of benzene rings is 2. The van der Waals surface area contributed by atoms with Crippen LogP contribution in [0.4, 0.5) is 5.82 Å². The Bertz CT molecular complexity index is 1160. The molecule has 1 amide bonds. The standard InChI is InChI=1S/C20H14ClN3OS2/c1-11-6-2-5-9-15(11)24-18-17(27-20(24)26)16(13(10-22)19(25)23-18)12-7-3-4-8-14(12)21/h2-9,13,16H,1H3,(H,23,25). The highest BCUT2D eigenvalue weighted by Gasteiger charge is 2.41. The number of anilines is 1. The summed E-state index contributed by atoms with van der Waals surface area (Å²) in [5, 5.41) is 13.1. The first kappa shape index (κ1) is 17.9. The molecule has 0 fully saturated rings. The van der Waals surface area contributed by atoms with Crippen LogP contribution in [-0.4, -0.2) is 10.5 Å². The summed E-state index contributed by atoms with van der Waals surface area (Å²) < 4.78 is 2.49. The van der Waals surface area contributed by atoms with Crippen LogP contribution in [0.3, 0.4) is 0 Å². The molecule has 4 rings (SSSR count). The van der Waals surface area contributed by atoms with E-state index in [1.54, 1.807) is 6.07 Å². The molecule has 0 bridgehead atoms. The van der Waals surface area contributed by atoms with Gasteiger partial charge in [0.15, 0.2) is 3.95 Å². The third kappa shape index (κ3) is 2.88. The van der Waals surface area contributed by atoms with E-state index >= 15 is 0 Å². The van der Waals surface area contributed by atoms with Crippen LogP contribution in [0.2, 0.25) is 5.02 Å². The molecular formula is C20H14ClN3OS2. The van der Waals surface area contributed by atoms with Crippen molar-refractivity contribution in [3.8, 4) is 11.8 Å². The number of aromatic nitrogens is 1. The van der Waals surface area contributed by atoms with Gasteiger partial charge >= 0.3 is 0 Å². The molecule has 0 saturated carbocycles. The Hall–Kier alpha value is -2.46. The maximum Gasteiger partial charge on any atom is 0.243 e.